The molecule has 0 aromatic rings. The Morgan fingerprint density at radius 1 is 1.62 bits per heavy atom. The number of esters is 1. The van der Waals surface area contributed by atoms with Gasteiger partial charge in [-0.2, -0.15) is 0 Å². The lowest BCUT2D eigenvalue weighted by atomic mass is 10.4. The van der Waals surface area contributed by atoms with Crippen molar-refractivity contribution in [3.8, 4) is 12.0 Å². The minimum Gasteiger partial charge on any atom is -0.463 e. The fourth-order valence-electron chi connectivity index (χ4n) is 0.707. The van der Waals surface area contributed by atoms with Crippen molar-refractivity contribution in [1.82, 2.24) is 4.90 Å². The highest BCUT2D eigenvalue weighted by molar-refractivity contribution is 5.82. The fraction of sp³-hybridized carbons (Fsp3) is 0.500. The molecule has 0 saturated heterocycles. The topological polar surface area (TPSA) is 29.5 Å². The Kier molecular flexibility index (Phi) is 5.45. The maximum atomic E-state index is 11.0. The van der Waals surface area contributed by atoms with E-state index in [1.54, 1.807) is 32.7 Å². The number of hydrogen-bond acceptors (Lipinski definition) is 3. The van der Waals surface area contributed by atoms with Crippen LogP contribution in [0, 0.1) is 12.0 Å². The van der Waals surface area contributed by atoms with Gasteiger partial charge in [-0.25, -0.2) is 4.79 Å². The van der Waals surface area contributed by atoms with Gasteiger partial charge in [0, 0.05) is 24.9 Å². The van der Waals surface area contributed by atoms with Crippen LogP contribution in [-0.4, -0.2) is 24.5 Å². The molecule has 0 radical (unpaired) electrons. The third-order valence-corrected chi connectivity index (χ3v) is 1.42. The third kappa shape index (κ3) is 4.91. The molecule has 0 amide bonds. The van der Waals surface area contributed by atoms with Crippen LogP contribution in [0.2, 0.25) is 0 Å². The molecule has 13 heavy (non-hydrogen) atoms. The zero-order chi connectivity index (χ0) is 10.3. The molecular formula is C10H15NO2. The average molecular weight is 181 g/mol. The first-order chi connectivity index (χ1) is 6.11. The molecule has 0 N–H and O–H groups in total. The molecule has 72 valence electrons. The quantitative estimate of drug-likeness (QED) is 0.285. The molecular weight excluding hydrogens is 166 g/mol. The van der Waals surface area contributed by atoms with Gasteiger partial charge in [-0.3, -0.25) is 0 Å². The number of allylic oxidation sites excluding steroid dienone is 1. The Morgan fingerprint density at radius 3 is 2.69 bits per heavy atom. The van der Waals surface area contributed by atoms with Crippen LogP contribution in [0.1, 0.15) is 20.8 Å². The van der Waals surface area contributed by atoms with Crippen LogP contribution in [-0.2, 0) is 9.53 Å². The Morgan fingerprint density at radius 2 is 2.23 bits per heavy atom. The summed E-state index contributed by atoms with van der Waals surface area (Å²) >= 11 is 0. The SMILES string of the molecule is CC#CN(C)/C(C)=C\C(=O)OCC. The van der Waals surface area contributed by atoms with E-state index in [0.29, 0.717) is 6.61 Å². The number of carbonyl (C=O) groups excluding carboxylic acids is 1. The second-order valence-corrected chi connectivity index (χ2v) is 2.46. The average Bonchev–Trinajstić information content (AvgIpc) is 2.05. The van der Waals surface area contributed by atoms with Crippen molar-refractivity contribution in [2.24, 2.45) is 0 Å². The van der Waals surface area contributed by atoms with Crippen LogP contribution in [0.4, 0.5) is 0 Å². The largest absolute Gasteiger partial charge is 0.463 e. The second-order valence-electron chi connectivity index (χ2n) is 2.46. The Labute approximate surface area is 79.4 Å². The molecule has 0 atom stereocenters. The molecule has 0 fully saturated rings. The molecule has 0 saturated carbocycles. The maximum absolute atomic E-state index is 11.0. The smallest absolute Gasteiger partial charge is 0.332 e. The van der Waals surface area contributed by atoms with E-state index < -0.39 is 0 Å². The minimum absolute atomic E-state index is 0.329. The van der Waals surface area contributed by atoms with E-state index in [0.717, 1.165) is 5.70 Å². The summed E-state index contributed by atoms with van der Waals surface area (Å²) in [6.07, 6.45) is 1.42. The van der Waals surface area contributed by atoms with E-state index in [2.05, 4.69) is 12.0 Å². The van der Waals surface area contributed by atoms with Gasteiger partial charge in [-0.05, 0) is 20.8 Å². The van der Waals surface area contributed by atoms with E-state index in [1.807, 2.05) is 0 Å². The Hall–Kier alpha value is -1.43. The van der Waals surface area contributed by atoms with Crippen LogP contribution >= 0.6 is 0 Å². The van der Waals surface area contributed by atoms with Crippen LogP contribution in [0.3, 0.4) is 0 Å². The van der Waals surface area contributed by atoms with Crippen molar-refractivity contribution in [1.29, 1.82) is 0 Å². The number of rotatable bonds is 3. The first kappa shape index (κ1) is 11.6. The molecule has 0 bridgehead atoms. The number of carbonyl (C=O) groups is 1. The number of hydrogen-bond donors (Lipinski definition) is 0. The van der Waals surface area contributed by atoms with Gasteiger partial charge >= 0.3 is 5.97 Å². The van der Waals surface area contributed by atoms with Crippen molar-refractivity contribution in [3.05, 3.63) is 11.8 Å². The maximum Gasteiger partial charge on any atom is 0.332 e. The van der Waals surface area contributed by atoms with Gasteiger partial charge in [0.05, 0.1) is 6.61 Å². The van der Waals surface area contributed by atoms with E-state index in [4.69, 9.17) is 4.74 Å². The standard InChI is InChI=1S/C10H15NO2/c1-5-7-11(4)9(3)8-10(12)13-6-2/h8H,6H2,1-4H3/b9-8-. The normalized spacial score (nSPS) is 10.0. The van der Waals surface area contributed by atoms with Crippen molar-refractivity contribution in [2.45, 2.75) is 20.8 Å². The lowest BCUT2D eigenvalue weighted by molar-refractivity contribution is -0.137. The van der Waals surface area contributed by atoms with Gasteiger partial charge in [0.15, 0.2) is 0 Å². The predicted molar refractivity (Wildman–Crippen MR) is 51.6 cm³/mol. The minimum atomic E-state index is -0.329. The summed E-state index contributed by atoms with van der Waals surface area (Å²) in [6.45, 7) is 5.72. The summed E-state index contributed by atoms with van der Waals surface area (Å²) in [6, 6.07) is 2.80. The molecule has 0 aliphatic carbocycles. The monoisotopic (exact) mass is 181 g/mol. The lowest BCUT2D eigenvalue weighted by Gasteiger charge is -2.10. The highest BCUT2D eigenvalue weighted by Gasteiger charge is 1.99. The van der Waals surface area contributed by atoms with E-state index in [1.165, 1.54) is 6.08 Å². The van der Waals surface area contributed by atoms with Gasteiger partial charge in [-0.15, -0.1) is 0 Å². The highest BCUT2D eigenvalue weighted by Crippen LogP contribution is 1.98. The number of ether oxygens (including phenoxy) is 1. The van der Waals surface area contributed by atoms with E-state index in [9.17, 15) is 4.79 Å². The zero-order valence-corrected chi connectivity index (χ0v) is 8.55. The second kappa shape index (κ2) is 6.13. The van der Waals surface area contributed by atoms with Gasteiger partial charge in [0.1, 0.15) is 0 Å². The molecule has 0 aliphatic heterocycles. The van der Waals surface area contributed by atoms with Crippen LogP contribution in [0.5, 0.6) is 0 Å². The van der Waals surface area contributed by atoms with Gasteiger partial charge in [-0.1, -0.05) is 5.92 Å². The molecule has 0 aliphatic rings. The first-order valence-corrected chi connectivity index (χ1v) is 4.13. The molecule has 0 rings (SSSR count). The van der Waals surface area contributed by atoms with E-state index in [-0.39, 0.29) is 5.97 Å². The zero-order valence-electron chi connectivity index (χ0n) is 8.55. The molecule has 0 aromatic carbocycles. The summed E-state index contributed by atoms with van der Waals surface area (Å²) in [4.78, 5) is 12.7. The number of nitrogens with zero attached hydrogens (tertiary/aromatic N) is 1. The molecule has 0 heterocycles. The third-order valence-electron chi connectivity index (χ3n) is 1.42. The summed E-state index contributed by atoms with van der Waals surface area (Å²) in [5.41, 5.74) is 0.771. The molecule has 0 spiro atoms. The van der Waals surface area contributed by atoms with Crippen LogP contribution < -0.4 is 0 Å². The predicted octanol–water partition coefficient (Wildman–Crippen LogP) is 1.37. The highest BCUT2D eigenvalue weighted by atomic mass is 16.5. The van der Waals surface area contributed by atoms with Crippen molar-refractivity contribution in [3.63, 3.8) is 0 Å². The van der Waals surface area contributed by atoms with E-state index >= 15 is 0 Å². The summed E-state index contributed by atoms with van der Waals surface area (Å²) in [7, 11) is 1.79. The Balaban J connectivity index is 4.27. The first-order valence-electron chi connectivity index (χ1n) is 4.13. The van der Waals surface area contributed by atoms with Gasteiger partial charge in [0.2, 0.25) is 0 Å². The van der Waals surface area contributed by atoms with Gasteiger partial charge in [0.25, 0.3) is 0 Å². The summed E-state index contributed by atoms with van der Waals surface area (Å²) in [5.74, 6) is 2.41. The van der Waals surface area contributed by atoms with Crippen LogP contribution in [0.25, 0.3) is 0 Å². The van der Waals surface area contributed by atoms with Crippen molar-refractivity contribution in [2.75, 3.05) is 13.7 Å². The fourth-order valence-corrected chi connectivity index (χ4v) is 0.707. The van der Waals surface area contributed by atoms with Gasteiger partial charge < -0.3 is 9.64 Å². The summed E-state index contributed by atoms with van der Waals surface area (Å²) < 4.78 is 4.75. The lowest BCUT2D eigenvalue weighted by Crippen LogP contribution is -2.11. The molecule has 0 unspecified atom stereocenters. The van der Waals surface area contributed by atoms with Crippen molar-refractivity contribution < 1.29 is 9.53 Å². The molecule has 3 heteroatoms. The van der Waals surface area contributed by atoms with Crippen LogP contribution in [0.15, 0.2) is 11.8 Å². The summed E-state index contributed by atoms with van der Waals surface area (Å²) in [5, 5.41) is 0. The molecule has 0 aromatic heterocycles. The Bertz CT molecular complexity index is 258. The molecule has 3 nitrogen and oxygen atoms in total. The van der Waals surface area contributed by atoms with Crippen molar-refractivity contribution >= 4 is 5.97 Å².